The van der Waals surface area contributed by atoms with Crippen LogP contribution in [0.4, 0.5) is 4.39 Å². The molecule has 1 atom stereocenters. The van der Waals surface area contributed by atoms with Gasteiger partial charge in [0.05, 0.1) is 17.3 Å². The molecule has 0 saturated heterocycles. The van der Waals surface area contributed by atoms with Crippen LogP contribution in [0.15, 0.2) is 83.1 Å². The highest BCUT2D eigenvalue weighted by Crippen LogP contribution is 2.29. The zero-order valence-corrected chi connectivity index (χ0v) is 19.2. The molecule has 0 bridgehead atoms. The fourth-order valence-corrected chi connectivity index (χ4v) is 4.52. The summed E-state index contributed by atoms with van der Waals surface area (Å²) in [6.45, 7) is 2.72. The molecule has 2 heterocycles. The van der Waals surface area contributed by atoms with Crippen LogP contribution in [-0.4, -0.2) is 17.5 Å². The van der Waals surface area contributed by atoms with Crippen molar-refractivity contribution in [2.24, 2.45) is 0 Å². The Bertz CT molecular complexity index is 1350. The van der Waals surface area contributed by atoms with Crippen molar-refractivity contribution in [2.75, 3.05) is 7.05 Å². The Morgan fingerprint density at radius 3 is 2.70 bits per heavy atom. The molecular formula is C26H24FN3O2S. The second-order valence-electron chi connectivity index (χ2n) is 7.75. The minimum Gasteiger partial charge on any atom is -0.345 e. The Morgan fingerprint density at radius 2 is 1.91 bits per heavy atom. The lowest BCUT2D eigenvalue weighted by atomic mass is 10.0. The number of hydrogen-bond donors (Lipinski definition) is 2. The number of pyridine rings is 1. The monoisotopic (exact) mass is 461 g/mol. The molecule has 168 valence electrons. The van der Waals surface area contributed by atoms with Crippen LogP contribution in [0.25, 0.3) is 16.1 Å². The van der Waals surface area contributed by atoms with E-state index in [1.165, 1.54) is 36.0 Å². The number of amides is 1. The third-order valence-corrected chi connectivity index (χ3v) is 6.37. The lowest BCUT2D eigenvalue weighted by Crippen LogP contribution is -2.28. The molecule has 1 unspecified atom stereocenters. The van der Waals surface area contributed by atoms with Crippen LogP contribution in [0, 0.1) is 5.82 Å². The van der Waals surface area contributed by atoms with E-state index >= 15 is 0 Å². The van der Waals surface area contributed by atoms with E-state index in [2.05, 4.69) is 34.2 Å². The van der Waals surface area contributed by atoms with Gasteiger partial charge in [-0.25, -0.2) is 4.39 Å². The molecule has 7 heteroatoms. The first-order valence-corrected chi connectivity index (χ1v) is 11.4. The Labute approximate surface area is 195 Å². The summed E-state index contributed by atoms with van der Waals surface area (Å²) in [6, 6.07) is 18.7. The summed E-state index contributed by atoms with van der Waals surface area (Å²) in [5.41, 5.74) is 3.25. The molecule has 5 nitrogen and oxygen atoms in total. The highest BCUT2D eigenvalue weighted by Gasteiger charge is 2.15. The predicted octanol–water partition coefficient (Wildman–Crippen LogP) is 4.92. The fraction of sp³-hybridized carbons (Fsp3) is 0.154. The quantitative estimate of drug-likeness (QED) is 0.411. The summed E-state index contributed by atoms with van der Waals surface area (Å²) >= 11 is 1.69. The van der Waals surface area contributed by atoms with Crippen LogP contribution in [0.2, 0.25) is 0 Å². The smallest absolute Gasteiger partial charge is 0.255 e. The molecule has 2 N–H and O–H groups in total. The van der Waals surface area contributed by atoms with E-state index in [9.17, 15) is 14.0 Å². The maximum Gasteiger partial charge on any atom is 0.255 e. The average Bonchev–Trinajstić information content (AvgIpc) is 3.29. The molecular weight excluding hydrogens is 437 g/mol. The number of nitrogens with one attached hydrogen (secondary N) is 2. The standard InChI is InChI=1S/C26H24FN3O2S/c1-17(19-6-5-7-20(13-19)24-12-18(14-28-2)16-33-24)29-26(32)21-10-11-25(31)30(15-21)23-9-4-3-8-22(23)27/h3-13,15-17,28H,14H2,1-2H3,(H,29,32). The molecule has 0 aliphatic rings. The minimum atomic E-state index is -0.534. The summed E-state index contributed by atoms with van der Waals surface area (Å²) in [5.74, 6) is -0.876. The average molecular weight is 462 g/mol. The zero-order valence-electron chi connectivity index (χ0n) is 18.3. The van der Waals surface area contributed by atoms with Gasteiger partial charge in [-0.05, 0) is 66.4 Å². The predicted molar refractivity (Wildman–Crippen MR) is 130 cm³/mol. The van der Waals surface area contributed by atoms with Gasteiger partial charge in [0, 0.05) is 23.7 Å². The van der Waals surface area contributed by atoms with Crippen molar-refractivity contribution in [2.45, 2.75) is 19.5 Å². The summed E-state index contributed by atoms with van der Waals surface area (Å²) < 4.78 is 15.3. The molecule has 0 spiro atoms. The van der Waals surface area contributed by atoms with Crippen molar-refractivity contribution in [1.29, 1.82) is 0 Å². The lowest BCUT2D eigenvalue weighted by molar-refractivity contribution is 0.0939. The van der Waals surface area contributed by atoms with Crippen LogP contribution in [-0.2, 0) is 6.54 Å². The number of carbonyl (C=O) groups excluding carboxylic acids is 1. The molecule has 1 amide bonds. The molecule has 2 aromatic heterocycles. The molecule has 33 heavy (non-hydrogen) atoms. The number of aromatic nitrogens is 1. The molecule has 0 fully saturated rings. The van der Waals surface area contributed by atoms with E-state index in [-0.39, 0.29) is 23.2 Å². The van der Waals surface area contributed by atoms with E-state index in [0.29, 0.717) is 0 Å². The molecule has 0 aliphatic carbocycles. The van der Waals surface area contributed by atoms with Gasteiger partial charge < -0.3 is 10.6 Å². The van der Waals surface area contributed by atoms with E-state index in [1.54, 1.807) is 23.5 Å². The maximum atomic E-state index is 14.2. The first-order chi connectivity index (χ1) is 16.0. The second kappa shape index (κ2) is 9.94. The van der Waals surface area contributed by atoms with E-state index in [4.69, 9.17) is 0 Å². The molecule has 0 radical (unpaired) electrons. The van der Waals surface area contributed by atoms with Crippen molar-refractivity contribution in [1.82, 2.24) is 15.2 Å². The highest BCUT2D eigenvalue weighted by atomic mass is 32.1. The largest absolute Gasteiger partial charge is 0.345 e. The van der Waals surface area contributed by atoms with Gasteiger partial charge in [-0.2, -0.15) is 0 Å². The van der Waals surface area contributed by atoms with E-state index in [1.807, 2.05) is 26.1 Å². The van der Waals surface area contributed by atoms with Crippen molar-refractivity contribution < 1.29 is 9.18 Å². The number of hydrogen-bond acceptors (Lipinski definition) is 4. The van der Waals surface area contributed by atoms with Gasteiger partial charge in [0.1, 0.15) is 5.82 Å². The van der Waals surface area contributed by atoms with Crippen molar-refractivity contribution in [3.8, 4) is 16.1 Å². The van der Waals surface area contributed by atoms with E-state index < -0.39 is 11.4 Å². The van der Waals surface area contributed by atoms with Crippen LogP contribution in [0.1, 0.15) is 34.5 Å². The van der Waals surface area contributed by atoms with Gasteiger partial charge in [-0.15, -0.1) is 11.3 Å². The summed E-state index contributed by atoms with van der Waals surface area (Å²) in [5, 5.41) is 8.26. The Balaban J connectivity index is 1.54. The van der Waals surface area contributed by atoms with Crippen LogP contribution in [0.5, 0.6) is 0 Å². The molecule has 4 rings (SSSR count). The third-order valence-electron chi connectivity index (χ3n) is 5.34. The SMILES string of the molecule is CNCc1csc(-c2cccc(C(C)NC(=O)c3ccc(=O)n(-c4ccccc4F)c3)c2)c1. The fourth-order valence-electron chi connectivity index (χ4n) is 3.61. The van der Waals surface area contributed by atoms with Crippen molar-refractivity contribution >= 4 is 17.2 Å². The second-order valence-corrected chi connectivity index (χ2v) is 8.66. The number of nitrogens with zero attached hydrogens (tertiary/aromatic N) is 1. The molecule has 4 aromatic rings. The van der Waals surface area contributed by atoms with Crippen LogP contribution >= 0.6 is 11.3 Å². The summed E-state index contributed by atoms with van der Waals surface area (Å²) in [6.07, 6.45) is 1.37. The Kier molecular flexibility index (Phi) is 6.82. The van der Waals surface area contributed by atoms with Crippen LogP contribution < -0.4 is 16.2 Å². The third kappa shape index (κ3) is 5.10. The van der Waals surface area contributed by atoms with Gasteiger partial charge >= 0.3 is 0 Å². The normalized spacial score (nSPS) is 11.8. The van der Waals surface area contributed by atoms with Crippen molar-refractivity contribution in [3.05, 3.63) is 111 Å². The number of para-hydroxylation sites is 1. The summed E-state index contributed by atoms with van der Waals surface area (Å²) in [4.78, 5) is 26.3. The van der Waals surface area contributed by atoms with Gasteiger partial charge in [0.15, 0.2) is 0 Å². The number of rotatable bonds is 7. The highest BCUT2D eigenvalue weighted by molar-refractivity contribution is 7.13. The molecule has 0 aliphatic heterocycles. The van der Waals surface area contributed by atoms with Gasteiger partial charge in [-0.1, -0.05) is 30.3 Å². The van der Waals surface area contributed by atoms with Crippen LogP contribution in [0.3, 0.4) is 0 Å². The summed E-state index contributed by atoms with van der Waals surface area (Å²) in [7, 11) is 1.92. The molecule has 0 saturated carbocycles. The first-order valence-electron chi connectivity index (χ1n) is 10.6. The Morgan fingerprint density at radius 1 is 1.09 bits per heavy atom. The number of benzene rings is 2. The zero-order chi connectivity index (χ0) is 23.4. The topological polar surface area (TPSA) is 63.1 Å². The van der Waals surface area contributed by atoms with Crippen molar-refractivity contribution in [3.63, 3.8) is 0 Å². The molecule has 2 aromatic carbocycles. The van der Waals surface area contributed by atoms with Gasteiger partial charge in [0.2, 0.25) is 0 Å². The number of halogens is 1. The minimum absolute atomic E-state index is 0.103. The van der Waals surface area contributed by atoms with Gasteiger partial charge in [0.25, 0.3) is 11.5 Å². The van der Waals surface area contributed by atoms with Gasteiger partial charge in [-0.3, -0.25) is 14.2 Å². The Hall–Kier alpha value is -3.55. The lowest BCUT2D eigenvalue weighted by Gasteiger charge is -2.16. The number of thiophene rings is 1. The number of carbonyl (C=O) groups is 1. The first kappa shape index (κ1) is 22.6. The van der Waals surface area contributed by atoms with E-state index in [0.717, 1.165) is 27.1 Å². The maximum absolute atomic E-state index is 14.2.